The molecule has 0 atom stereocenters. The molecule has 0 saturated heterocycles. The predicted molar refractivity (Wildman–Crippen MR) is 94.7 cm³/mol. The summed E-state index contributed by atoms with van der Waals surface area (Å²) >= 11 is 0. The largest absolute Gasteiger partial charge is 0.416 e. The molecule has 0 aliphatic heterocycles. The van der Waals surface area contributed by atoms with Gasteiger partial charge in [-0.15, -0.1) is 0 Å². The Kier molecular flexibility index (Phi) is 4.51. The molecule has 0 aliphatic carbocycles. The van der Waals surface area contributed by atoms with Gasteiger partial charge >= 0.3 is 6.18 Å². The summed E-state index contributed by atoms with van der Waals surface area (Å²) in [7, 11) is 0. The lowest BCUT2D eigenvalue weighted by Crippen LogP contribution is -2.26. The summed E-state index contributed by atoms with van der Waals surface area (Å²) in [5.74, 6) is -0.906. The first kappa shape index (κ1) is 18.4. The van der Waals surface area contributed by atoms with Crippen molar-refractivity contribution in [1.82, 2.24) is 4.98 Å². The number of aromatic nitrogens is 1. The molecule has 136 valence electrons. The Hall–Kier alpha value is -2.43. The van der Waals surface area contributed by atoms with Crippen molar-refractivity contribution in [1.29, 1.82) is 0 Å². The molecule has 0 aliphatic rings. The van der Waals surface area contributed by atoms with Crippen LogP contribution in [0.2, 0.25) is 0 Å². The Morgan fingerprint density at radius 2 is 1.62 bits per heavy atom. The van der Waals surface area contributed by atoms with Crippen molar-refractivity contribution in [2.45, 2.75) is 38.8 Å². The summed E-state index contributed by atoms with van der Waals surface area (Å²) in [6, 6.07) is 12.3. The summed E-state index contributed by atoms with van der Waals surface area (Å²) < 4.78 is 54.2. The monoisotopic (exact) mass is 361 g/mol. The van der Waals surface area contributed by atoms with E-state index in [2.05, 4.69) is 4.98 Å². The van der Waals surface area contributed by atoms with Crippen molar-refractivity contribution in [3.63, 3.8) is 0 Å². The van der Waals surface area contributed by atoms with E-state index in [0.29, 0.717) is 18.2 Å². The van der Waals surface area contributed by atoms with Crippen molar-refractivity contribution in [2.75, 3.05) is 0 Å². The van der Waals surface area contributed by atoms with E-state index in [0.717, 1.165) is 22.5 Å². The van der Waals surface area contributed by atoms with Crippen LogP contribution in [-0.4, -0.2) is 4.98 Å². The molecular formula is C21H19F4N. The molecule has 26 heavy (non-hydrogen) atoms. The van der Waals surface area contributed by atoms with Gasteiger partial charge in [0.15, 0.2) is 0 Å². The second kappa shape index (κ2) is 6.38. The number of aryl methyl sites for hydroxylation is 1. The van der Waals surface area contributed by atoms with E-state index in [-0.39, 0.29) is 5.56 Å². The summed E-state index contributed by atoms with van der Waals surface area (Å²) in [6.45, 7) is 5.35. The van der Waals surface area contributed by atoms with E-state index in [4.69, 9.17) is 0 Å². The van der Waals surface area contributed by atoms with Crippen LogP contribution in [0.5, 0.6) is 0 Å². The maximum atomic E-state index is 13.5. The van der Waals surface area contributed by atoms with Crippen molar-refractivity contribution >= 4 is 10.8 Å². The minimum Gasteiger partial charge on any atom is -0.256 e. The zero-order valence-corrected chi connectivity index (χ0v) is 14.8. The summed E-state index contributed by atoms with van der Waals surface area (Å²) in [6.07, 6.45) is -3.98. The smallest absolute Gasteiger partial charge is 0.256 e. The minimum atomic E-state index is -4.65. The Morgan fingerprint density at radius 1 is 0.923 bits per heavy atom. The highest BCUT2D eigenvalue weighted by atomic mass is 19.4. The molecule has 0 unspecified atom stereocenters. The molecule has 0 radical (unpaired) electrons. The van der Waals surface area contributed by atoms with Crippen molar-refractivity contribution < 1.29 is 17.6 Å². The van der Waals surface area contributed by atoms with Crippen LogP contribution < -0.4 is 0 Å². The first-order chi connectivity index (χ1) is 12.1. The minimum absolute atomic E-state index is 0.0114. The quantitative estimate of drug-likeness (QED) is 0.500. The molecule has 0 bridgehead atoms. The number of rotatable bonds is 3. The Labute approximate surface area is 149 Å². The van der Waals surface area contributed by atoms with Gasteiger partial charge in [0.25, 0.3) is 0 Å². The summed E-state index contributed by atoms with van der Waals surface area (Å²) in [4.78, 5) is 4.65. The van der Waals surface area contributed by atoms with Crippen LogP contribution in [0.15, 0.2) is 48.5 Å². The number of pyridine rings is 1. The van der Waals surface area contributed by atoms with Crippen molar-refractivity contribution in [3.8, 4) is 0 Å². The SMILES string of the molecule is CCc1cc2ccccc2c(C(C)(C)c2ccc(F)cc2C(F)(F)F)n1. The zero-order valence-electron chi connectivity index (χ0n) is 14.8. The topological polar surface area (TPSA) is 12.9 Å². The van der Waals surface area contributed by atoms with Crippen LogP contribution in [0.25, 0.3) is 10.8 Å². The maximum Gasteiger partial charge on any atom is 0.416 e. The molecule has 0 spiro atoms. The van der Waals surface area contributed by atoms with Gasteiger partial charge in [0.1, 0.15) is 5.82 Å². The second-order valence-corrected chi connectivity index (χ2v) is 6.85. The first-order valence-electron chi connectivity index (χ1n) is 8.41. The Morgan fingerprint density at radius 3 is 2.27 bits per heavy atom. The second-order valence-electron chi connectivity index (χ2n) is 6.85. The number of halogens is 4. The molecular weight excluding hydrogens is 342 g/mol. The highest BCUT2D eigenvalue weighted by Crippen LogP contribution is 2.42. The van der Waals surface area contributed by atoms with Gasteiger partial charge in [0, 0.05) is 16.5 Å². The molecule has 1 nitrogen and oxygen atoms in total. The highest BCUT2D eigenvalue weighted by molar-refractivity contribution is 5.86. The standard InChI is InChI=1S/C21H19F4N/c1-4-15-11-13-7-5-6-8-16(13)19(26-15)20(2,3)17-10-9-14(22)12-18(17)21(23,24)25/h5-12H,4H2,1-3H3. The molecule has 3 rings (SSSR count). The van der Waals surface area contributed by atoms with Gasteiger partial charge in [0.05, 0.1) is 11.3 Å². The maximum absolute atomic E-state index is 13.5. The summed E-state index contributed by atoms with van der Waals surface area (Å²) in [5, 5.41) is 1.73. The molecule has 1 aromatic heterocycles. The predicted octanol–water partition coefficient (Wildman–Crippen LogP) is 6.28. The number of hydrogen-bond acceptors (Lipinski definition) is 1. The van der Waals surface area contributed by atoms with E-state index in [1.165, 1.54) is 6.07 Å². The van der Waals surface area contributed by atoms with Gasteiger partial charge in [0.2, 0.25) is 0 Å². The number of alkyl halides is 3. The third-order valence-electron chi connectivity index (χ3n) is 4.71. The van der Waals surface area contributed by atoms with Gasteiger partial charge in [-0.05, 0) is 35.6 Å². The first-order valence-corrected chi connectivity index (χ1v) is 8.41. The molecule has 3 aromatic rings. The zero-order chi connectivity index (χ0) is 19.1. The molecule has 0 amide bonds. The summed E-state index contributed by atoms with van der Waals surface area (Å²) in [5.41, 5.74) is -0.636. The van der Waals surface area contributed by atoms with Crippen LogP contribution >= 0.6 is 0 Å². The van der Waals surface area contributed by atoms with Gasteiger partial charge in [-0.1, -0.05) is 51.1 Å². The number of hydrogen-bond donors (Lipinski definition) is 0. The van der Waals surface area contributed by atoms with Gasteiger partial charge in [-0.2, -0.15) is 13.2 Å². The third-order valence-corrected chi connectivity index (χ3v) is 4.71. The fourth-order valence-corrected chi connectivity index (χ4v) is 3.34. The molecule has 0 fully saturated rings. The normalized spacial score (nSPS) is 12.6. The van der Waals surface area contributed by atoms with Gasteiger partial charge in [-0.3, -0.25) is 4.98 Å². The van der Waals surface area contributed by atoms with Crippen LogP contribution in [0, 0.1) is 5.82 Å². The van der Waals surface area contributed by atoms with E-state index < -0.39 is 23.0 Å². The van der Waals surface area contributed by atoms with E-state index in [9.17, 15) is 17.6 Å². The molecule has 0 N–H and O–H groups in total. The Bertz CT molecular complexity index is 958. The molecule has 1 heterocycles. The number of benzene rings is 2. The lowest BCUT2D eigenvalue weighted by Gasteiger charge is -2.30. The number of fused-ring (bicyclic) bond motifs is 1. The van der Waals surface area contributed by atoms with E-state index in [1.54, 1.807) is 13.8 Å². The van der Waals surface area contributed by atoms with Crippen LogP contribution in [0.4, 0.5) is 17.6 Å². The third kappa shape index (κ3) is 3.18. The average Bonchev–Trinajstić information content (AvgIpc) is 2.59. The Balaban J connectivity index is 2.32. The van der Waals surface area contributed by atoms with Crippen LogP contribution in [0.3, 0.4) is 0 Å². The number of nitrogens with zero attached hydrogens (tertiary/aromatic N) is 1. The molecule has 2 aromatic carbocycles. The van der Waals surface area contributed by atoms with E-state index in [1.807, 2.05) is 37.3 Å². The average molecular weight is 361 g/mol. The molecule has 5 heteroatoms. The van der Waals surface area contributed by atoms with E-state index >= 15 is 0 Å². The lowest BCUT2D eigenvalue weighted by atomic mass is 9.77. The van der Waals surface area contributed by atoms with Crippen LogP contribution in [-0.2, 0) is 18.0 Å². The fourth-order valence-electron chi connectivity index (χ4n) is 3.34. The van der Waals surface area contributed by atoms with Gasteiger partial charge < -0.3 is 0 Å². The van der Waals surface area contributed by atoms with Gasteiger partial charge in [-0.25, -0.2) is 4.39 Å². The highest BCUT2D eigenvalue weighted by Gasteiger charge is 2.39. The molecule has 0 saturated carbocycles. The van der Waals surface area contributed by atoms with Crippen LogP contribution in [0.1, 0.15) is 43.3 Å². The lowest BCUT2D eigenvalue weighted by molar-refractivity contribution is -0.138. The van der Waals surface area contributed by atoms with Crippen molar-refractivity contribution in [3.05, 3.63) is 76.9 Å². The van der Waals surface area contributed by atoms with Crippen molar-refractivity contribution in [2.24, 2.45) is 0 Å². The fraction of sp³-hybridized carbons (Fsp3) is 0.286.